The fourth-order valence-corrected chi connectivity index (χ4v) is 2.49. The number of benzene rings is 3. The highest BCUT2D eigenvalue weighted by Gasteiger charge is 2.07. The predicted octanol–water partition coefficient (Wildman–Crippen LogP) is 4.48. The van der Waals surface area contributed by atoms with Crippen molar-refractivity contribution in [3.63, 3.8) is 0 Å². The number of carbonyl (C=O) groups excluding carboxylic acids is 2. The minimum absolute atomic E-state index is 0.151. The Morgan fingerprint density at radius 1 is 0.778 bits per heavy atom. The Labute approximate surface area is 158 Å². The van der Waals surface area contributed by atoms with Gasteiger partial charge in [0.1, 0.15) is 12.4 Å². The van der Waals surface area contributed by atoms with Gasteiger partial charge in [0.2, 0.25) is 5.91 Å². The smallest absolute Gasteiger partial charge is 0.255 e. The molecule has 2 amide bonds. The van der Waals surface area contributed by atoms with Crippen molar-refractivity contribution in [2.45, 2.75) is 13.5 Å². The molecule has 5 nitrogen and oxygen atoms in total. The van der Waals surface area contributed by atoms with E-state index in [1.54, 1.807) is 36.4 Å². The molecule has 0 unspecified atom stereocenters. The van der Waals surface area contributed by atoms with Gasteiger partial charge < -0.3 is 15.4 Å². The van der Waals surface area contributed by atoms with Crippen LogP contribution in [-0.2, 0) is 11.4 Å². The maximum Gasteiger partial charge on any atom is 0.255 e. The van der Waals surface area contributed by atoms with E-state index < -0.39 is 0 Å². The Morgan fingerprint density at radius 3 is 2.00 bits per heavy atom. The number of anilines is 2. The van der Waals surface area contributed by atoms with Crippen molar-refractivity contribution < 1.29 is 14.3 Å². The first-order chi connectivity index (χ1) is 13.1. The van der Waals surface area contributed by atoms with Gasteiger partial charge in [0.15, 0.2) is 0 Å². The molecule has 0 heterocycles. The van der Waals surface area contributed by atoms with Gasteiger partial charge in [-0.2, -0.15) is 0 Å². The van der Waals surface area contributed by atoms with Crippen LogP contribution in [0.2, 0.25) is 0 Å². The highest BCUT2D eigenvalue weighted by molar-refractivity contribution is 6.04. The molecule has 136 valence electrons. The topological polar surface area (TPSA) is 67.4 Å². The average molecular weight is 360 g/mol. The second-order valence-corrected chi connectivity index (χ2v) is 6.01. The van der Waals surface area contributed by atoms with Crippen LogP contribution in [0.25, 0.3) is 0 Å². The maximum atomic E-state index is 12.3. The highest BCUT2D eigenvalue weighted by atomic mass is 16.5. The largest absolute Gasteiger partial charge is 0.489 e. The molecule has 0 bridgehead atoms. The number of ether oxygens (including phenoxy) is 1. The fourth-order valence-electron chi connectivity index (χ4n) is 2.49. The Balaban J connectivity index is 1.55. The predicted molar refractivity (Wildman–Crippen MR) is 106 cm³/mol. The molecule has 0 spiro atoms. The molecule has 0 aliphatic carbocycles. The first-order valence-corrected chi connectivity index (χ1v) is 8.56. The average Bonchev–Trinajstić information content (AvgIpc) is 2.68. The fraction of sp³-hybridized carbons (Fsp3) is 0.0909. The first kappa shape index (κ1) is 18.2. The van der Waals surface area contributed by atoms with Crippen LogP contribution in [0, 0.1) is 0 Å². The highest BCUT2D eigenvalue weighted by Crippen LogP contribution is 2.18. The number of amides is 2. The minimum Gasteiger partial charge on any atom is -0.489 e. The van der Waals surface area contributed by atoms with Gasteiger partial charge in [0.25, 0.3) is 5.91 Å². The van der Waals surface area contributed by atoms with E-state index in [1.807, 2.05) is 42.5 Å². The van der Waals surface area contributed by atoms with Gasteiger partial charge in [-0.15, -0.1) is 0 Å². The van der Waals surface area contributed by atoms with Gasteiger partial charge >= 0.3 is 0 Å². The maximum absolute atomic E-state index is 12.3. The van der Waals surface area contributed by atoms with Crippen LogP contribution in [0.3, 0.4) is 0 Å². The third kappa shape index (κ3) is 5.44. The molecule has 0 saturated carbocycles. The van der Waals surface area contributed by atoms with Crippen LogP contribution in [0.5, 0.6) is 5.75 Å². The Hall–Kier alpha value is -3.60. The molecule has 0 atom stereocenters. The van der Waals surface area contributed by atoms with E-state index in [-0.39, 0.29) is 11.8 Å². The van der Waals surface area contributed by atoms with Crippen molar-refractivity contribution in [1.29, 1.82) is 0 Å². The lowest BCUT2D eigenvalue weighted by Crippen LogP contribution is -2.12. The van der Waals surface area contributed by atoms with Crippen LogP contribution in [0.15, 0.2) is 78.9 Å². The molecule has 0 saturated heterocycles. The number of carbonyl (C=O) groups is 2. The van der Waals surface area contributed by atoms with E-state index in [2.05, 4.69) is 10.6 Å². The normalized spacial score (nSPS) is 10.1. The zero-order chi connectivity index (χ0) is 19.1. The zero-order valence-corrected chi connectivity index (χ0v) is 14.9. The summed E-state index contributed by atoms with van der Waals surface area (Å²) in [5.74, 6) is 0.362. The van der Waals surface area contributed by atoms with Gasteiger partial charge in [0, 0.05) is 23.9 Å². The molecule has 0 fully saturated rings. The van der Waals surface area contributed by atoms with E-state index >= 15 is 0 Å². The van der Waals surface area contributed by atoms with Crippen LogP contribution < -0.4 is 15.4 Å². The van der Waals surface area contributed by atoms with Crippen LogP contribution in [0.1, 0.15) is 22.8 Å². The lowest BCUT2D eigenvalue weighted by atomic mass is 10.2. The SMILES string of the molecule is CC(=O)Nc1ccc(C(=O)Nc2ccc(OCc3ccccc3)cc2)cc1. The minimum atomic E-state index is -0.220. The molecule has 0 radical (unpaired) electrons. The molecule has 2 N–H and O–H groups in total. The Morgan fingerprint density at radius 2 is 1.37 bits per heavy atom. The molecule has 3 aromatic carbocycles. The van der Waals surface area contributed by atoms with Gasteiger partial charge in [-0.1, -0.05) is 30.3 Å². The van der Waals surface area contributed by atoms with E-state index in [0.717, 1.165) is 11.3 Å². The van der Waals surface area contributed by atoms with Gasteiger partial charge in [-0.3, -0.25) is 9.59 Å². The molecule has 5 heteroatoms. The van der Waals surface area contributed by atoms with Crippen LogP contribution >= 0.6 is 0 Å². The lowest BCUT2D eigenvalue weighted by molar-refractivity contribution is -0.114. The van der Waals surface area contributed by atoms with Crippen molar-refractivity contribution >= 4 is 23.2 Å². The second-order valence-electron chi connectivity index (χ2n) is 6.01. The number of hydrogen-bond donors (Lipinski definition) is 2. The van der Waals surface area contributed by atoms with Gasteiger partial charge in [0.05, 0.1) is 0 Å². The summed E-state index contributed by atoms with van der Waals surface area (Å²) >= 11 is 0. The summed E-state index contributed by atoms with van der Waals surface area (Å²) < 4.78 is 5.73. The van der Waals surface area contributed by atoms with Crippen molar-refractivity contribution in [3.05, 3.63) is 90.0 Å². The van der Waals surface area contributed by atoms with Gasteiger partial charge in [-0.05, 0) is 54.1 Å². The van der Waals surface area contributed by atoms with Crippen LogP contribution in [0.4, 0.5) is 11.4 Å². The number of hydrogen-bond acceptors (Lipinski definition) is 3. The van der Waals surface area contributed by atoms with Gasteiger partial charge in [-0.25, -0.2) is 0 Å². The standard InChI is InChI=1S/C22H20N2O3/c1-16(25)23-19-9-7-18(8-10-19)22(26)24-20-11-13-21(14-12-20)27-15-17-5-3-2-4-6-17/h2-14H,15H2,1H3,(H,23,25)(H,24,26). The zero-order valence-electron chi connectivity index (χ0n) is 14.9. The van der Waals surface area contributed by atoms with E-state index in [4.69, 9.17) is 4.74 Å². The van der Waals surface area contributed by atoms with E-state index in [9.17, 15) is 9.59 Å². The molecular formula is C22H20N2O3. The molecule has 27 heavy (non-hydrogen) atoms. The molecule has 0 aliphatic heterocycles. The van der Waals surface area contributed by atoms with Crippen molar-refractivity contribution in [1.82, 2.24) is 0 Å². The van der Waals surface area contributed by atoms with Crippen molar-refractivity contribution in [3.8, 4) is 5.75 Å². The molecular weight excluding hydrogens is 340 g/mol. The summed E-state index contributed by atoms with van der Waals surface area (Å²) in [6, 6.07) is 23.9. The summed E-state index contributed by atoms with van der Waals surface area (Å²) in [6.45, 7) is 1.93. The summed E-state index contributed by atoms with van der Waals surface area (Å²) in [5.41, 5.74) is 2.93. The van der Waals surface area contributed by atoms with Crippen molar-refractivity contribution in [2.75, 3.05) is 10.6 Å². The molecule has 3 rings (SSSR count). The summed E-state index contributed by atoms with van der Waals surface area (Å²) in [7, 11) is 0. The monoisotopic (exact) mass is 360 g/mol. The van der Waals surface area contributed by atoms with Crippen molar-refractivity contribution in [2.24, 2.45) is 0 Å². The first-order valence-electron chi connectivity index (χ1n) is 8.56. The summed E-state index contributed by atoms with van der Waals surface area (Å²) in [4.78, 5) is 23.3. The Kier molecular flexibility index (Phi) is 5.84. The van der Waals surface area contributed by atoms with E-state index in [0.29, 0.717) is 23.5 Å². The quantitative estimate of drug-likeness (QED) is 0.681. The number of nitrogens with one attached hydrogen (secondary N) is 2. The molecule has 3 aromatic rings. The van der Waals surface area contributed by atoms with E-state index in [1.165, 1.54) is 6.92 Å². The summed E-state index contributed by atoms with van der Waals surface area (Å²) in [6.07, 6.45) is 0. The molecule has 0 aromatic heterocycles. The van der Waals surface area contributed by atoms with Crippen LogP contribution in [-0.4, -0.2) is 11.8 Å². The second kappa shape index (κ2) is 8.67. The summed E-state index contributed by atoms with van der Waals surface area (Å²) in [5, 5.41) is 5.50. The third-order valence-corrected chi connectivity index (χ3v) is 3.83. The third-order valence-electron chi connectivity index (χ3n) is 3.83. The Bertz CT molecular complexity index is 905. The molecule has 0 aliphatic rings. The lowest BCUT2D eigenvalue weighted by Gasteiger charge is -2.09. The number of rotatable bonds is 6.